The summed E-state index contributed by atoms with van der Waals surface area (Å²) in [7, 11) is 0. The van der Waals surface area contributed by atoms with Gasteiger partial charge < -0.3 is 0 Å². The van der Waals surface area contributed by atoms with Gasteiger partial charge in [0.05, 0.1) is 6.04 Å². The Morgan fingerprint density at radius 1 is 0.900 bits per heavy atom. The summed E-state index contributed by atoms with van der Waals surface area (Å²) in [4.78, 5) is 0. The standard InChI is InChI=1S/C18H24N2/c1-12(2)15-6-8-16(9-7-15)18(20-19)17-10-5-13(3)11-14(17)4/h5-12,18,20H,19H2,1-4H3. The Kier molecular flexibility index (Phi) is 4.58. The molecule has 0 saturated carbocycles. The molecule has 0 heterocycles. The van der Waals surface area contributed by atoms with Gasteiger partial charge in [0.2, 0.25) is 0 Å². The first-order chi connectivity index (χ1) is 9.52. The summed E-state index contributed by atoms with van der Waals surface area (Å²) in [5.41, 5.74) is 9.27. The van der Waals surface area contributed by atoms with Crippen LogP contribution in [0.4, 0.5) is 0 Å². The maximum Gasteiger partial charge on any atom is 0.0712 e. The predicted octanol–water partition coefficient (Wildman–Crippen LogP) is 3.98. The van der Waals surface area contributed by atoms with Gasteiger partial charge >= 0.3 is 0 Å². The Morgan fingerprint density at radius 3 is 2.00 bits per heavy atom. The van der Waals surface area contributed by atoms with Gasteiger partial charge in [-0.2, -0.15) is 0 Å². The number of benzene rings is 2. The first kappa shape index (κ1) is 14.8. The van der Waals surface area contributed by atoms with Crippen molar-refractivity contribution >= 4 is 0 Å². The molecule has 2 nitrogen and oxygen atoms in total. The van der Waals surface area contributed by atoms with E-state index in [4.69, 9.17) is 5.84 Å². The lowest BCUT2D eigenvalue weighted by molar-refractivity contribution is 0.633. The lowest BCUT2D eigenvalue weighted by Gasteiger charge is -2.20. The Hall–Kier alpha value is -1.64. The third-order valence-corrected chi connectivity index (χ3v) is 3.84. The Balaban J connectivity index is 2.36. The molecule has 2 aromatic rings. The van der Waals surface area contributed by atoms with Gasteiger partial charge in [0.15, 0.2) is 0 Å². The van der Waals surface area contributed by atoms with Crippen molar-refractivity contribution in [1.29, 1.82) is 0 Å². The van der Waals surface area contributed by atoms with Gasteiger partial charge in [-0.05, 0) is 42.0 Å². The van der Waals surface area contributed by atoms with Crippen LogP contribution in [-0.2, 0) is 0 Å². The van der Waals surface area contributed by atoms with Crippen LogP contribution in [0.3, 0.4) is 0 Å². The second-order valence-electron chi connectivity index (χ2n) is 5.78. The largest absolute Gasteiger partial charge is 0.271 e. The lowest BCUT2D eigenvalue weighted by Crippen LogP contribution is -2.29. The second kappa shape index (κ2) is 6.21. The highest BCUT2D eigenvalue weighted by Crippen LogP contribution is 2.26. The zero-order chi connectivity index (χ0) is 14.7. The summed E-state index contributed by atoms with van der Waals surface area (Å²) in [5, 5.41) is 0. The second-order valence-corrected chi connectivity index (χ2v) is 5.78. The predicted molar refractivity (Wildman–Crippen MR) is 85.6 cm³/mol. The van der Waals surface area contributed by atoms with Crippen LogP contribution in [0.1, 0.15) is 53.6 Å². The van der Waals surface area contributed by atoms with Crippen LogP contribution in [0.2, 0.25) is 0 Å². The van der Waals surface area contributed by atoms with Crippen molar-refractivity contribution in [2.24, 2.45) is 5.84 Å². The van der Waals surface area contributed by atoms with Gasteiger partial charge in [0, 0.05) is 0 Å². The molecule has 2 rings (SSSR count). The normalized spacial score (nSPS) is 12.7. The van der Waals surface area contributed by atoms with Crippen molar-refractivity contribution in [2.45, 2.75) is 39.7 Å². The average Bonchev–Trinajstić information content (AvgIpc) is 2.42. The summed E-state index contributed by atoms with van der Waals surface area (Å²) >= 11 is 0. The topological polar surface area (TPSA) is 38.0 Å². The van der Waals surface area contributed by atoms with Gasteiger partial charge in [0.1, 0.15) is 0 Å². The van der Waals surface area contributed by atoms with Crippen LogP contribution in [0, 0.1) is 13.8 Å². The highest BCUT2D eigenvalue weighted by Gasteiger charge is 2.14. The van der Waals surface area contributed by atoms with Crippen LogP contribution in [0.25, 0.3) is 0 Å². The summed E-state index contributed by atoms with van der Waals surface area (Å²) in [5.74, 6) is 6.34. The van der Waals surface area contributed by atoms with Crippen molar-refractivity contribution in [3.63, 3.8) is 0 Å². The van der Waals surface area contributed by atoms with Crippen LogP contribution in [0.5, 0.6) is 0 Å². The minimum atomic E-state index is 0.0387. The highest BCUT2D eigenvalue weighted by molar-refractivity contribution is 5.39. The molecule has 0 fully saturated rings. The minimum absolute atomic E-state index is 0.0387. The minimum Gasteiger partial charge on any atom is -0.271 e. The molecule has 0 amide bonds. The molecular formula is C18H24N2. The molecule has 2 heteroatoms. The number of nitrogens with two attached hydrogens (primary N) is 1. The van der Waals surface area contributed by atoms with Crippen molar-refractivity contribution in [2.75, 3.05) is 0 Å². The smallest absolute Gasteiger partial charge is 0.0712 e. The first-order valence-electron chi connectivity index (χ1n) is 7.16. The molecular weight excluding hydrogens is 244 g/mol. The van der Waals surface area contributed by atoms with E-state index in [2.05, 4.69) is 75.6 Å². The van der Waals surface area contributed by atoms with Crippen LogP contribution < -0.4 is 11.3 Å². The Morgan fingerprint density at radius 2 is 1.50 bits per heavy atom. The Labute approximate surface area is 122 Å². The van der Waals surface area contributed by atoms with E-state index in [1.807, 2.05) is 0 Å². The van der Waals surface area contributed by atoms with E-state index in [1.54, 1.807) is 0 Å². The molecule has 3 N–H and O–H groups in total. The van der Waals surface area contributed by atoms with Crippen LogP contribution >= 0.6 is 0 Å². The van der Waals surface area contributed by atoms with Gasteiger partial charge in [0.25, 0.3) is 0 Å². The van der Waals surface area contributed by atoms with E-state index < -0.39 is 0 Å². The molecule has 0 bridgehead atoms. The lowest BCUT2D eigenvalue weighted by atomic mass is 9.92. The number of hydrazine groups is 1. The molecule has 0 radical (unpaired) electrons. The molecule has 2 aromatic carbocycles. The molecule has 0 aliphatic rings. The number of rotatable bonds is 4. The van der Waals surface area contributed by atoms with E-state index in [1.165, 1.54) is 27.8 Å². The highest BCUT2D eigenvalue weighted by atomic mass is 15.2. The SMILES string of the molecule is Cc1ccc(C(NN)c2ccc(C(C)C)cc2)c(C)c1. The molecule has 0 aromatic heterocycles. The van der Waals surface area contributed by atoms with Gasteiger partial charge in [-0.3, -0.25) is 5.84 Å². The molecule has 1 unspecified atom stereocenters. The molecule has 0 aliphatic carbocycles. The fraction of sp³-hybridized carbons (Fsp3) is 0.333. The van der Waals surface area contributed by atoms with E-state index in [9.17, 15) is 0 Å². The van der Waals surface area contributed by atoms with Gasteiger partial charge in [-0.15, -0.1) is 0 Å². The third-order valence-electron chi connectivity index (χ3n) is 3.84. The van der Waals surface area contributed by atoms with Crippen molar-refractivity contribution in [1.82, 2.24) is 5.43 Å². The van der Waals surface area contributed by atoms with Gasteiger partial charge in [-0.1, -0.05) is 61.9 Å². The molecule has 0 saturated heterocycles. The monoisotopic (exact) mass is 268 g/mol. The maximum absolute atomic E-state index is 5.79. The van der Waals surface area contributed by atoms with Crippen LogP contribution in [-0.4, -0.2) is 0 Å². The van der Waals surface area contributed by atoms with E-state index >= 15 is 0 Å². The van der Waals surface area contributed by atoms with Crippen molar-refractivity contribution < 1.29 is 0 Å². The zero-order valence-corrected chi connectivity index (χ0v) is 12.8. The van der Waals surface area contributed by atoms with E-state index in [0.29, 0.717) is 5.92 Å². The Bertz CT molecular complexity index is 570. The summed E-state index contributed by atoms with van der Waals surface area (Å²) in [6, 6.07) is 15.2. The summed E-state index contributed by atoms with van der Waals surface area (Å²) in [6.07, 6.45) is 0. The molecule has 0 spiro atoms. The fourth-order valence-electron chi connectivity index (χ4n) is 2.59. The third kappa shape index (κ3) is 3.09. The van der Waals surface area contributed by atoms with Crippen molar-refractivity contribution in [3.8, 4) is 0 Å². The first-order valence-corrected chi connectivity index (χ1v) is 7.16. The fourth-order valence-corrected chi connectivity index (χ4v) is 2.59. The van der Waals surface area contributed by atoms with Crippen molar-refractivity contribution in [3.05, 3.63) is 70.3 Å². The molecule has 106 valence electrons. The number of nitrogens with one attached hydrogen (secondary N) is 1. The van der Waals surface area contributed by atoms with E-state index in [0.717, 1.165) is 0 Å². The zero-order valence-electron chi connectivity index (χ0n) is 12.8. The number of aryl methyl sites for hydroxylation is 2. The van der Waals surface area contributed by atoms with E-state index in [-0.39, 0.29) is 6.04 Å². The quantitative estimate of drug-likeness (QED) is 0.650. The maximum atomic E-state index is 5.79. The molecule has 0 aliphatic heterocycles. The average molecular weight is 268 g/mol. The summed E-state index contributed by atoms with van der Waals surface area (Å²) in [6.45, 7) is 8.66. The summed E-state index contributed by atoms with van der Waals surface area (Å²) < 4.78 is 0. The molecule has 20 heavy (non-hydrogen) atoms. The van der Waals surface area contributed by atoms with Crippen LogP contribution in [0.15, 0.2) is 42.5 Å². The molecule has 1 atom stereocenters. The van der Waals surface area contributed by atoms with Gasteiger partial charge in [-0.25, -0.2) is 5.43 Å². The number of hydrogen-bond donors (Lipinski definition) is 2. The number of hydrogen-bond acceptors (Lipinski definition) is 2.